The standard InChI is InChI=1S/C26H30BrN3O5S3/c1-3-35-12-11-30-18-10-9-16(27)13-20(18)38-26(30)29-22(32)15-36-14-21(31)28-24-23(25(33)34-2)17-7-5-4-6-8-19(17)37-24/h9-10,13H,3-8,11-12,14-15H2,1-2H3,(H,28,31). The molecule has 0 saturated heterocycles. The molecule has 0 spiro atoms. The molecule has 0 bridgehead atoms. The molecule has 1 N–H and O–H groups in total. The van der Waals surface area contributed by atoms with Crippen molar-refractivity contribution in [3.05, 3.63) is 43.5 Å². The average Bonchev–Trinajstić information content (AvgIpc) is 3.29. The smallest absolute Gasteiger partial charge is 0.341 e. The van der Waals surface area contributed by atoms with Gasteiger partial charge in [-0.3, -0.25) is 9.59 Å². The van der Waals surface area contributed by atoms with Gasteiger partial charge in [-0.1, -0.05) is 33.7 Å². The van der Waals surface area contributed by atoms with Gasteiger partial charge in [-0.05, 0) is 56.4 Å². The highest BCUT2D eigenvalue weighted by Crippen LogP contribution is 2.38. The van der Waals surface area contributed by atoms with E-state index in [4.69, 9.17) is 9.47 Å². The highest BCUT2D eigenvalue weighted by Gasteiger charge is 2.26. The molecule has 8 nitrogen and oxygen atoms in total. The number of halogens is 1. The minimum absolute atomic E-state index is 0.0711. The number of carbonyl (C=O) groups is 3. The van der Waals surface area contributed by atoms with Gasteiger partial charge in [0.15, 0.2) is 4.80 Å². The normalized spacial score (nSPS) is 13.8. The molecule has 1 aromatic carbocycles. The predicted molar refractivity (Wildman–Crippen MR) is 157 cm³/mol. The largest absolute Gasteiger partial charge is 0.465 e. The first-order valence-corrected chi connectivity index (χ1v) is 16.0. The number of ether oxygens (including phenoxy) is 2. The lowest BCUT2D eigenvalue weighted by atomic mass is 10.1. The van der Waals surface area contributed by atoms with Crippen LogP contribution in [0.25, 0.3) is 10.2 Å². The first kappa shape index (κ1) is 29.0. The van der Waals surface area contributed by atoms with Crippen LogP contribution in [0.2, 0.25) is 0 Å². The number of aromatic nitrogens is 1. The molecule has 1 aliphatic rings. The van der Waals surface area contributed by atoms with E-state index in [2.05, 4.69) is 26.2 Å². The summed E-state index contributed by atoms with van der Waals surface area (Å²) in [6.07, 6.45) is 4.95. The molecule has 0 atom stereocenters. The molecule has 204 valence electrons. The van der Waals surface area contributed by atoms with Crippen LogP contribution in [0, 0.1) is 0 Å². The third-order valence-corrected chi connectivity index (χ3v) is 9.71. The van der Waals surface area contributed by atoms with E-state index in [1.165, 1.54) is 41.5 Å². The van der Waals surface area contributed by atoms with Gasteiger partial charge in [0.05, 0.1) is 41.0 Å². The summed E-state index contributed by atoms with van der Waals surface area (Å²) >= 11 is 7.60. The number of hydrogen-bond acceptors (Lipinski definition) is 8. The number of thioether (sulfide) groups is 1. The Morgan fingerprint density at radius 3 is 2.76 bits per heavy atom. The Labute approximate surface area is 241 Å². The molecule has 38 heavy (non-hydrogen) atoms. The van der Waals surface area contributed by atoms with Crippen molar-refractivity contribution in [1.29, 1.82) is 0 Å². The van der Waals surface area contributed by atoms with E-state index < -0.39 is 5.97 Å². The molecule has 0 unspecified atom stereocenters. The van der Waals surface area contributed by atoms with E-state index in [1.54, 1.807) is 0 Å². The molecule has 0 saturated carbocycles. The van der Waals surface area contributed by atoms with Gasteiger partial charge >= 0.3 is 5.97 Å². The van der Waals surface area contributed by atoms with Crippen molar-refractivity contribution in [2.75, 3.05) is 37.1 Å². The van der Waals surface area contributed by atoms with E-state index in [9.17, 15) is 14.4 Å². The summed E-state index contributed by atoms with van der Waals surface area (Å²) in [7, 11) is 1.36. The van der Waals surface area contributed by atoms with Crippen molar-refractivity contribution in [2.24, 2.45) is 4.99 Å². The summed E-state index contributed by atoms with van der Waals surface area (Å²) in [4.78, 5) is 44.0. The van der Waals surface area contributed by atoms with E-state index in [0.717, 1.165) is 57.2 Å². The monoisotopic (exact) mass is 639 g/mol. The number of hydrogen-bond donors (Lipinski definition) is 1. The molecule has 3 aromatic rings. The molecular formula is C26H30BrN3O5S3. The van der Waals surface area contributed by atoms with Crippen LogP contribution >= 0.6 is 50.4 Å². The zero-order valence-corrected chi connectivity index (χ0v) is 25.4. The number of nitrogens with one attached hydrogen (secondary N) is 1. The fourth-order valence-electron chi connectivity index (χ4n) is 4.33. The first-order valence-electron chi connectivity index (χ1n) is 12.5. The molecule has 2 heterocycles. The third kappa shape index (κ3) is 7.15. The Morgan fingerprint density at radius 1 is 1.16 bits per heavy atom. The lowest BCUT2D eigenvalue weighted by Crippen LogP contribution is -2.20. The third-order valence-electron chi connectivity index (χ3n) is 6.05. The maximum absolute atomic E-state index is 12.7. The number of esters is 1. The molecular weight excluding hydrogens is 610 g/mol. The number of anilines is 1. The summed E-state index contributed by atoms with van der Waals surface area (Å²) in [6, 6.07) is 5.97. The van der Waals surface area contributed by atoms with Crippen molar-refractivity contribution in [3.8, 4) is 0 Å². The van der Waals surface area contributed by atoms with E-state index in [1.807, 2.05) is 29.7 Å². The zero-order valence-electron chi connectivity index (χ0n) is 21.3. The Morgan fingerprint density at radius 2 is 1.97 bits per heavy atom. The molecule has 0 radical (unpaired) electrons. The van der Waals surface area contributed by atoms with Gasteiger partial charge in [0.1, 0.15) is 5.00 Å². The van der Waals surface area contributed by atoms with Crippen molar-refractivity contribution < 1.29 is 23.9 Å². The van der Waals surface area contributed by atoms with Gasteiger partial charge in [-0.2, -0.15) is 4.99 Å². The number of carbonyl (C=O) groups excluding carboxylic acids is 3. The molecule has 1 aliphatic carbocycles. The topological polar surface area (TPSA) is 99.0 Å². The van der Waals surface area contributed by atoms with Crippen LogP contribution in [-0.4, -0.2) is 54.2 Å². The van der Waals surface area contributed by atoms with Gasteiger partial charge in [-0.25, -0.2) is 4.79 Å². The number of methoxy groups -OCH3 is 1. The highest BCUT2D eigenvalue weighted by atomic mass is 79.9. The van der Waals surface area contributed by atoms with E-state index >= 15 is 0 Å². The molecule has 2 amide bonds. The number of thiazole rings is 1. The van der Waals surface area contributed by atoms with E-state index in [0.29, 0.717) is 35.1 Å². The maximum Gasteiger partial charge on any atom is 0.341 e. The quantitative estimate of drug-likeness (QED) is 0.181. The second-order valence-corrected chi connectivity index (χ2v) is 12.7. The fourth-order valence-corrected chi connectivity index (χ4v) is 7.85. The SMILES string of the molecule is CCOCCn1c(=NC(=O)CSCC(=O)Nc2sc3c(c2C(=O)OC)CCCCC3)sc2cc(Br)ccc21. The summed E-state index contributed by atoms with van der Waals surface area (Å²) in [5, 5.41) is 3.42. The van der Waals surface area contributed by atoms with E-state index in [-0.39, 0.29) is 23.3 Å². The minimum Gasteiger partial charge on any atom is -0.465 e. The highest BCUT2D eigenvalue weighted by molar-refractivity contribution is 9.10. The molecule has 2 aromatic heterocycles. The van der Waals surface area contributed by atoms with Crippen LogP contribution in [0.15, 0.2) is 27.7 Å². The Hall–Kier alpha value is -1.99. The van der Waals surface area contributed by atoms with Crippen LogP contribution in [0.3, 0.4) is 0 Å². The minimum atomic E-state index is -0.422. The second kappa shape index (κ2) is 13.9. The van der Waals surface area contributed by atoms with Crippen molar-refractivity contribution in [3.63, 3.8) is 0 Å². The number of thiophene rings is 1. The van der Waals surface area contributed by atoms with Crippen LogP contribution in [0.5, 0.6) is 0 Å². The summed E-state index contributed by atoms with van der Waals surface area (Å²) < 4.78 is 14.5. The molecule has 0 aliphatic heterocycles. The lowest BCUT2D eigenvalue weighted by Gasteiger charge is -2.07. The number of fused-ring (bicyclic) bond motifs is 2. The molecule has 0 fully saturated rings. The Balaban J connectivity index is 1.41. The van der Waals surface area contributed by atoms with Crippen LogP contribution in [-0.2, 0) is 38.4 Å². The number of benzene rings is 1. The van der Waals surface area contributed by atoms with Crippen molar-refractivity contribution >= 4 is 83.4 Å². The van der Waals surface area contributed by atoms with Crippen LogP contribution in [0.4, 0.5) is 5.00 Å². The summed E-state index contributed by atoms with van der Waals surface area (Å²) in [6.45, 7) is 3.67. The number of amides is 2. The zero-order chi connectivity index (χ0) is 27.1. The lowest BCUT2D eigenvalue weighted by molar-refractivity contribution is -0.115. The van der Waals surface area contributed by atoms with Crippen LogP contribution < -0.4 is 10.1 Å². The molecule has 4 rings (SSSR count). The van der Waals surface area contributed by atoms with Gasteiger partial charge in [-0.15, -0.1) is 23.1 Å². The van der Waals surface area contributed by atoms with Gasteiger partial charge in [0, 0.05) is 22.5 Å². The van der Waals surface area contributed by atoms with Crippen LogP contribution in [0.1, 0.15) is 47.0 Å². The van der Waals surface area contributed by atoms with Crippen molar-refractivity contribution in [1.82, 2.24) is 4.57 Å². The number of nitrogens with zero attached hydrogens (tertiary/aromatic N) is 2. The van der Waals surface area contributed by atoms with Gasteiger partial charge in [0.2, 0.25) is 5.91 Å². The number of rotatable bonds is 10. The summed E-state index contributed by atoms with van der Waals surface area (Å²) in [5.41, 5.74) is 2.48. The first-order chi connectivity index (χ1) is 18.4. The Kier molecular flexibility index (Phi) is 10.6. The fraction of sp³-hybridized carbons (Fsp3) is 0.462. The number of aryl methyl sites for hydroxylation is 1. The van der Waals surface area contributed by atoms with Gasteiger partial charge in [0.25, 0.3) is 5.91 Å². The average molecular weight is 641 g/mol. The maximum atomic E-state index is 12.7. The second-order valence-electron chi connectivity index (χ2n) is 8.65. The molecule has 12 heteroatoms. The summed E-state index contributed by atoms with van der Waals surface area (Å²) in [5.74, 6) is -0.843. The predicted octanol–water partition coefficient (Wildman–Crippen LogP) is 5.42. The van der Waals surface area contributed by atoms with Gasteiger partial charge < -0.3 is 19.4 Å². The Bertz CT molecular complexity index is 1390. The van der Waals surface area contributed by atoms with Crippen molar-refractivity contribution in [2.45, 2.75) is 45.6 Å².